The van der Waals surface area contributed by atoms with Gasteiger partial charge in [0.2, 0.25) is 0 Å². The van der Waals surface area contributed by atoms with E-state index in [4.69, 9.17) is 4.74 Å². The summed E-state index contributed by atoms with van der Waals surface area (Å²) in [5, 5.41) is 4.23. The number of aromatic amines is 1. The SMILES string of the molecule is Cc1sc2nc(CN[C@@H]3CC(C)(C)OC3(C)C)[nH]c(=O)c2c1C. The Bertz CT molecular complexity index is 804. The first-order valence-electron chi connectivity index (χ1n) is 8.01. The van der Waals surface area contributed by atoms with Crippen LogP contribution in [0, 0.1) is 13.8 Å². The third kappa shape index (κ3) is 3.07. The molecule has 23 heavy (non-hydrogen) atoms. The Hall–Kier alpha value is -1.24. The van der Waals surface area contributed by atoms with Crippen LogP contribution in [0.3, 0.4) is 0 Å². The summed E-state index contributed by atoms with van der Waals surface area (Å²) in [7, 11) is 0. The highest BCUT2D eigenvalue weighted by molar-refractivity contribution is 7.18. The van der Waals surface area contributed by atoms with Gasteiger partial charge in [-0.2, -0.15) is 0 Å². The highest BCUT2D eigenvalue weighted by Crippen LogP contribution is 2.37. The predicted molar refractivity (Wildman–Crippen MR) is 94.2 cm³/mol. The van der Waals surface area contributed by atoms with E-state index in [0.717, 1.165) is 27.1 Å². The third-order valence-electron chi connectivity index (χ3n) is 4.68. The molecule has 6 heteroatoms. The van der Waals surface area contributed by atoms with Gasteiger partial charge in [-0.1, -0.05) is 0 Å². The molecule has 5 nitrogen and oxygen atoms in total. The monoisotopic (exact) mass is 335 g/mol. The van der Waals surface area contributed by atoms with E-state index in [2.05, 4.69) is 43.0 Å². The van der Waals surface area contributed by atoms with Crippen molar-refractivity contribution in [3.8, 4) is 0 Å². The van der Waals surface area contributed by atoms with Crippen molar-refractivity contribution in [1.29, 1.82) is 0 Å². The fourth-order valence-corrected chi connectivity index (χ4v) is 4.53. The second kappa shape index (κ2) is 5.40. The second-order valence-corrected chi connectivity index (χ2v) is 8.78. The van der Waals surface area contributed by atoms with Crippen molar-refractivity contribution in [3.63, 3.8) is 0 Å². The number of hydrogen-bond acceptors (Lipinski definition) is 5. The number of ether oxygens (including phenoxy) is 1. The number of nitrogens with zero attached hydrogens (tertiary/aromatic N) is 1. The molecule has 0 bridgehead atoms. The first kappa shape index (κ1) is 16.6. The Morgan fingerprint density at radius 2 is 2.04 bits per heavy atom. The van der Waals surface area contributed by atoms with Crippen LogP contribution in [0.15, 0.2) is 4.79 Å². The minimum absolute atomic E-state index is 0.0455. The summed E-state index contributed by atoms with van der Waals surface area (Å²) in [5.41, 5.74) is 0.624. The second-order valence-electron chi connectivity index (χ2n) is 7.58. The normalized spacial score (nSPS) is 22.8. The summed E-state index contributed by atoms with van der Waals surface area (Å²) in [5.74, 6) is 0.684. The van der Waals surface area contributed by atoms with Gasteiger partial charge in [0.15, 0.2) is 0 Å². The van der Waals surface area contributed by atoms with Gasteiger partial charge in [-0.25, -0.2) is 4.98 Å². The van der Waals surface area contributed by atoms with Crippen LogP contribution < -0.4 is 10.9 Å². The number of aromatic nitrogens is 2. The van der Waals surface area contributed by atoms with Crippen molar-refractivity contribution in [2.45, 2.75) is 71.8 Å². The van der Waals surface area contributed by atoms with Crippen LogP contribution in [0.25, 0.3) is 10.2 Å². The molecule has 0 saturated carbocycles. The van der Waals surface area contributed by atoms with Crippen molar-refractivity contribution in [3.05, 3.63) is 26.6 Å². The molecule has 3 rings (SSSR count). The molecule has 0 aliphatic carbocycles. The maximum absolute atomic E-state index is 12.3. The lowest BCUT2D eigenvalue weighted by atomic mass is 9.94. The molecular weight excluding hydrogens is 310 g/mol. The largest absolute Gasteiger partial charge is 0.368 e. The Morgan fingerprint density at radius 3 is 2.65 bits per heavy atom. The van der Waals surface area contributed by atoms with Crippen LogP contribution in [0.4, 0.5) is 0 Å². The molecule has 126 valence electrons. The molecule has 1 aliphatic rings. The van der Waals surface area contributed by atoms with Crippen LogP contribution in [0.5, 0.6) is 0 Å². The van der Waals surface area contributed by atoms with Crippen molar-refractivity contribution < 1.29 is 4.74 Å². The summed E-state index contributed by atoms with van der Waals surface area (Å²) >= 11 is 1.58. The third-order valence-corrected chi connectivity index (χ3v) is 5.78. The van der Waals surface area contributed by atoms with E-state index in [0.29, 0.717) is 12.4 Å². The van der Waals surface area contributed by atoms with Crippen molar-refractivity contribution in [2.75, 3.05) is 0 Å². The molecule has 2 aromatic heterocycles. The highest BCUT2D eigenvalue weighted by Gasteiger charge is 2.45. The molecule has 3 heterocycles. The van der Waals surface area contributed by atoms with E-state index in [1.807, 2.05) is 13.8 Å². The molecule has 0 spiro atoms. The van der Waals surface area contributed by atoms with E-state index >= 15 is 0 Å². The Balaban J connectivity index is 1.82. The Kier molecular flexibility index (Phi) is 3.90. The molecule has 0 aromatic carbocycles. The molecule has 2 N–H and O–H groups in total. The summed E-state index contributed by atoms with van der Waals surface area (Å²) < 4.78 is 6.10. The van der Waals surface area contributed by atoms with Crippen molar-refractivity contribution in [2.24, 2.45) is 0 Å². The van der Waals surface area contributed by atoms with Gasteiger partial charge < -0.3 is 15.0 Å². The summed E-state index contributed by atoms with van der Waals surface area (Å²) in [6.07, 6.45) is 0.934. The Morgan fingerprint density at radius 1 is 1.35 bits per heavy atom. The lowest BCUT2D eigenvalue weighted by molar-refractivity contribution is -0.0699. The fourth-order valence-electron chi connectivity index (χ4n) is 3.48. The maximum Gasteiger partial charge on any atom is 0.259 e. The van der Waals surface area contributed by atoms with Gasteiger partial charge in [-0.15, -0.1) is 11.3 Å². The van der Waals surface area contributed by atoms with Gasteiger partial charge in [-0.05, 0) is 53.5 Å². The maximum atomic E-state index is 12.3. The first-order chi connectivity index (χ1) is 10.6. The molecule has 0 radical (unpaired) electrons. The van der Waals surface area contributed by atoms with Gasteiger partial charge in [0.25, 0.3) is 5.56 Å². The quantitative estimate of drug-likeness (QED) is 0.905. The predicted octanol–water partition coefficient (Wildman–Crippen LogP) is 3.04. The summed E-state index contributed by atoms with van der Waals surface area (Å²) in [6.45, 7) is 13.0. The lowest BCUT2D eigenvalue weighted by Gasteiger charge is -2.27. The lowest BCUT2D eigenvalue weighted by Crippen LogP contribution is -2.43. The first-order valence-corrected chi connectivity index (χ1v) is 8.83. The number of H-pyrrole nitrogens is 1. The average molecular weight is 335 g/mol. The zero-order valence-corrected chi connectivity index (χ0v) is 15.5. The number of aryl methyl sites for hydroxylation is 2. The molecule has 0 amide bonds. The average Bonchev–Trinajstić information content (AvgIpc) is 2.80. The topological polar surface area (TPSA) is 67.0 Å². The smallest absolute Gasteiger partial charge is 0.259 e. The molecule has 1 aliphatic heterocycles. The molecule has 1 fully saturated rings. The molecule has 0 unspecified atom stereocenters. The van der Waals surface area contributed by atoms with Crippen LogP contribution in [-0.2, 0) is 11.3 Å². The van der Waals surface area contributed by atoms with Gasteiger partial charge in [-0.3, -0.25) is 4.79 Å². The molecule has 1 atom stereocenters. The van der Waals surface area contributed by atoms with E-state index in [9.17, 15) is 4.79 Å². The summed E-state index contributed by atoms with van der Waals surface area (Å²) in [4.78, 5) is 21.8. The highest BCUT2D eigenvalue weighted by atomic mass is 32.1. The van der Waals surface area contributed by atoms with Gasteiger partial charge >= 0.3 is 0 Å². The number of thiophene rings is 1. The van der Waals surface area contributed by atoms with Crippen molar-refractivity contribution in [1.82, 2.24) is 15.3 Å². The fraction of sp³-hybridized carbons (Fsp3) is 0.647. The van der Waals surface area contributed by atoms with Crippen LogP contribution in [-0.4, -0.2) is 27.2 Å². The number of hydrogen-bond donors (Lipinski definition) is 2. The Labute approximate surface area is 140 Å². The van der Waals surface area contributed by atoms with Gasteiger partial charge in [0.1, 0.15) is 10.7 Å². The standard InChI is InChI=1S/C17H25N3O2S/c1-9-10(2)23-15-13(9)14(21)19-12(20-15)8-18-11-7-16(3,4)22-17(11,5)6/h11,18H,7-8H2,1-6H3,(H,19,20,21)/t11-/m1/s1. The van der Waals surface area contributed by atoms with Crippen LogP contribution in [0.2, 0.25) is 0 Å². The number of rotatable bonds is 3. The van der Waals surface area contributed by atoms with E-state index in [1.165, 1.54) is 0 Å². The van der Waals surface area contributed by atoms with E-state index < -0.39 is 0 Å². The van der Waals surface area contributed by atoms with E-state index in [-0.39, 0.29) is 22.8 Å². The zero-order valence-electron chi connectivity index (χ0n) is 14.7. The minimum Gasteiger partial charge on any atom is -0.368 e. The van der Waals surface area contributed by atoms with Crippen LogP contribution >= 0.6 is 11.3 Å². The summed E-state index contributed by atoms with van der Waals surface area (Å²) in [6, 6.07) is 0.227. The minimum atomic E-state index is -0.232. The zero-order chi connectivity index (χ0) is 17.0. The molecular formula is C17H25N3O2S. The molecule has 2 aromatic rings. The van der Waals surface area contributed by atoms with E-state index in [1.54, 1.807) is 11.3 Å². The van der Waals surface area contributed by atoms with Gasteiger partial charge in [0.05, 0.1) is 23.1 Å². The van der Waals surface area contributed by atoms with Gasteiger partial charge in [0, 0.05) is 10.9 Å². The molecule has 1 saturated heterocycles. The van der Waals surface area contributed by atoms with Crippen LogP contribution in [0.1, 0.15) is 50.4 Å². The number of nitrogens with one attached hydrogen (secondary N) is 2. The van der Waals surface area contributed by atoms with Crippen molar-refractivity contribution >= 4 is 21.6 Å². The number of fused-ring (bicyclic) bond motifs is 1.